The van der Waals surface area contributed by atoms with Gasteiger partial charge in [-0.15, -0.1) is 0 Å². The summed E-state index contributed by atoms with van der Waals surface area (Å²) in [5, 5.41) is 10.6. The molecule has 0 bridgehead atoms. The maximum Gasteiger partial charge on any atom is 0.310 e. The normalized spacial score (nSPS) is 15.1. The van der Waals surface area contributed by atoms with Gasteiger partial charge in [0.2, 0.25) is 5.91 Å². The molecule has 1 aliphatic carbocycles. The molecule has 0 heterocycles. The van der Waals surface area contributed by atoms with Crippen LogP contribution in [-0.2, 0) is 14.3 Å². The Morgan fingerprint density at radius 2 is 2.00 bits per heavy atom. The molecule has 0 spiro atoms. The summed E-state index contributed by atoms with van der Waals surface area (Å²) in [5.41, 5.74) is 0.704. The predicted molar refractivity (Wildman–Crippen MR) is 88.0 cm³/mol. The fourth-order valence-electron chi connectivity index (χ4n) is 2.35. The van der Waals surface area contributed by atoms with E-state index in [0.717, 1.165) is 12.8 Å². The SMILES string of the molecule is COC(=O)C(C)CN(C(=O)/C=C/c1ccc([N+](=O)[O-])cc1)C1CC1. The van der Waals surface area contributed by atoms with Crippen molar-refractivity contribution in [2.45, 2.75) is 25.8 Å². The van der Waals surface area contributed by atoms with Crippen LogP contribution in [0.4, 0.5) is 5.69 Å². The minimum absolute atomic E-state index is 0.00462. The van der Waals surface area contributed by atoms with Crippen LogP contribution in [0.1, 0.15) is 25.3 Å². The molecule has 7 heteroatoms. The van der Waals surface area contributed by atoms with Gasteiger partial charge in [-0.25, -0.2) is 0 Å². The Balaban J connectivity index is 2.02. The van der Waals surface area contributed by atoms with Gasteiger partial charge in [-0.1, -0.05) is 6.92 Å². The number of carbonyl (C=O) groups is 2. The maximum atomic E-state index is 12.4. The van der Waals surface area contributed by atoms with Crippen LogP contribution in [0.15, 0.2) is 30.3 Å². The molecule has 24 heavy (non-hydrogen) atoms. The van der Waals surface area contributed by atoms with Crippen molar-refractivity contribution in [3.8, 4) is 0 Å². The van der Waals surface area contributed by atoms with Crippen molar-refractivity contribution in [3.05, 3.63) is 46.0 Å². The minimum atomic E-state index is -0.471. The van der Waals surface area contributed by atoms with Gasteiger partial charge >= 0.3 is 5.97 Å². The first-order valence-electron chi connectivity index (χ1n) is 7.73. The molecule has 0 N–H and O–H groups in total. The van der Waals surface area contributed by atoms with Crippen LogP contribution in [-0.4, -0.2) is 41.4 Å². The van der Waals surface area contributed by atoms with Crippen LogP contribution in [0.3, 0.4) is 0 Å². The van der Waals surface area contributed by atoms with Gasteiger partial charge in [-0.3, -0.25) is 19.7 Å². The number of hydrogen-bond donors (Lipinski definition) is 0. The highest BCUT2D eigenvalue weighted by molar-refractivity contribution is 5.92. The van der Waals surface area contributed by atoms with Gasteiger partial charge in [0.05, 0.1) is 18.0 Å². The molecule has 0 saturated heterocycles. The highest BCUT2D eigenvalue weighted by Crippen LogP contribution is 2.28. The number of nitro groups is 1. The molecule has 1 unspecified atom stereocenters. The molecule has 1 aromatic rings. The van der Waals surface area contributed by atoms with E-state index in [2.05, 4.69) is 0 Å². The maximum absolute atomic E-state index is 12.4. The van der Waals surface area contributed by atoms with E-state index >= 15 is 0 Å². The summed E-state index contributed by atoms with van der Waals surface area (Å²) in [4.78, 5) is 35.8. The van der Waals surface area contributed by atoms with Crippen LogP contribution < -0.4 is 0 Å². The summed E-state index contributed by atoms with van der Waals surface area (Å²) in [7, 11) is 1.33. The van der Waals surface area contributed by atoms with E-state index in [1.54, 1.807) is 30.0 Å². The summed E-state index contributed by atoms with van der Waals surface area (Å²) in [5.74, 6) is -0.897. The number of amides is 1. The number of ether oxygens (including phenoxy) is 1. The third-order valence-corrected chi connectivity index (χ3v) is 3.87. The average molecular weight is 332 g/mol. The summed E-state index contributed by atoms with van der Waals surface area (Å²) in [6, 6.07) is 6.12. The van der Waals surface area contributed by atoms with E-state index in [0.29, 0.717) is 12.1 Å². The van der Waals surface area contributed by atoms with Gasteiger partial charge in [0.25, 0.3) is 5.69 Å². The Hall–Kier alpha value is -2.70. The smallest absolute Gasteiger partial charge is 0.310 e. The summed E-state index contributed by atoms with van der Waals surface area (Å²) >= 11 is 0. The Bertz CT molecular complexity index is 649. The van der Waals surface area contributed by atoms with Gasteiger partial charge in [-0.05, 0) is 36.6 Å². The van der Waals surface area contributed by atoms with Gasteiger partial charge in [0, 0.05) is 30.8 Å². The zero-order chi connectivity index (χ0) is 17.7. The molecule has 1 amide bonds. The Morgan fingerprint density at radius 3 is 2.50 bits per heavy atom. The number of esters is 1. The lowest BCUT2D eigenvalue weighted by Gasteiger charge is -2.23. The zero-order valence-corrected chi connectivity index (χ0v) is 13.7. The van der Waals surface area contributed by atoms with Crippen molar-refractivity contribution >= 4 is 23.6 Å². The molecule has 0 aromatic heterocycles. The molecule has 1 saturated carbocycles. The van der Waals surface area contributed by atoms with E-state index in [-0.39, 0.29) is 29.5 Å². The summed E-state index contributed by atoms with van der Waals surface area (Å²) in [6.45, 7) is 2.05. The molecule has 0 aliphatic heterocycles. The summed E-state index contributed by atoms with van der Waals surface area (Å²) in [6.07, 6.45) is 4.92. The second kappa shape index (κ2) is 7.72. The number of methoxy groups -OCH3 is 1. The molecule has 1 aromatic carbocycles. The third kappa shape index (κ3) is 4.65. The van der Waals surface area contributed by atoms with E-state index in [1.165, 1.54) is 25.3 Å². The molecule has 0 radical (unpaired) electrons. The monoisotopic (exact) mass is 332 g/mol. The Labute approximate surface area is 140 Å². The van der Waals surface area contributed by atoms with Crippen molar-refractivity contribution in [1.29, 1.82) is 0 Å². The molecule has 1 aliphatic rings. The first-order valence-corrected chi connectivity index (χ1v) is 7.73. The third-order valence-electron chi connectivity index (χ3n) is 3.87. The van der Waals surface area contributed by atoms with Crippen molar-refractivity contribution in [3.63, 3.8) is 0 Å². The second-order valence-corrected chi connectivity index (χ2v) is 5.83. The number of non-ortho nitro benzene ring substituents is 1. The van der Waals surface area contributed by atoms with Crippen LogP contribution >= 0.6 is 0 Å². The zero-order valence-electron chi connectivity index (χ0n) is 13.7. The van der Waals surface area contributed by atoms with Crippen LogP contribution in [0.5, 0.6) is 0 Å². The largest absolute Gasteiger partial charge is 0.469 e. The van der Waals surface area contributed by atoms with Crippen molar-refractivity contribution < 1.29 is 19.2 Å². The lowest BCUT2D eigenvalue weighted by molar-refractivity contribution is -0.384. The standard InChI is InChI=1S/C17H20N2O5/c1-12(17(21)24-2)11-18(14-8-9-14)16(20)10-5-13-3-6-15(7-4-13)19(22)23/h3-7,10,12,14H,8-9,11H2,1-2H3/b10-5+. The van der Waals surface area contributed by atoms with Crippen molar-refractivity contribution in [2.24, 2.45) is 5.92 Å². The molecule has 128 valence electrons. The van der Waals surface area contributed by atoms with Gasteiger partial charge in [0.1, 0.15) is 0 Å². The van der Waals surface area contributed by atoms with Crippen molar-refractivity contribution in [1.82, 2.24) is 4.90 Å². The number of nitro benzene ring substituents is 1. The Morgan fingerprint density at radius 1 is 1.38 bits per heavy atom. The minimum Gasteiger partial charge on any atom is -0.469 e. The highest BCUT2D eigenvalue weighted by Gasteiger charge is 2.33. The highest BCUT2D eigenvalue weighted by atomic mass is 16.6. The molecule has 1 atom stereocenters. The number of benzene rings is 1. The average Bonchev–Trinajstić information content (AvgIpc) is 3.41. The first kappa shape index (κ1) is 17.7. The van der Waals surface area contributed by atoms with Crippen molar-refractivity contribution in [2.75, 3.05) is 13.7 Å². The van der Waals surface area contributed by atoms with E-state index < -0.39 is 4.92 Å². The summed E-state index contributed by atoms with van der Waals surface area (Å²) < 4.78 is 4.70. The number of carbonyl (C=O) groups excluding carboxylic acids is 2. The van der Waals surface area contributed by atoms with Crippen LogP contribution in [0, 0.1) is 16.0 Å². The molecular formula is C17H20N2O5. The van der Waals surface area contributed by atoms with Gasteiger partial charge in [-0.2, -0.15) is 0 Å². The molecule has 1 fully saturated rings. The fraction of sp³-hybridized carbons (Fsp3) is 0.412. The van der Waals surface area contributed by atoms with E-state index in [9.17, 15) is 19.7 Å². The lowest BCUT2D eigenvalue weighted by atomic mass is 10.1. The van der Waals surface area contributed by atoms with Crippen LogP contribution in [0.2, 0.25) is 0 Å². The Kier molecular flexibility index (Phi) is 5.68. The first-order chi connectivity index (χ1) is 11.4. The number of nitrogens with zero attached hydrogens (tertiary/aromatic N) is 2. The quantitative estimate of drug-likeness (QED) is 0.331. The van der Waals surface area contributed by atoms with Gasteiger partial charge < -0.3 is 9.64 Å². The topological polar surface area (TPSA) is 89.8 Å². The molecule has 7 nitrogen and oxygen atoms in total. The molecule has 2 rings (SSSR count). The van der Waals surface area contributed by atoms with Gasteiger partial charge in [0.15, 0.2) is 0 Å². The van der Waals surface area contributed by atoms with E-state index in [1.807, 2.05) is 0 Å². The van der Waals surface area contributed by atoms with Crippen LogP contribution in [0.25, 0.3) is 6.08 Å². The lowest BCUT2D eigenvalue weighted by Crippen LogP contribution is -2.37. The predicted octanol–water partition coefficient (Wildman–Crippen LogP) is 2.41. The number of rotatable bonds is 7. The fourth-order valence-corrected chi connectivity index (χ4v) is 2.35. The second-order valence-electron chi connectivity index (χ2n) is 5.83. The number of hydrogen-bond acceptors (Lipinski definition) is 5. The molecular weight excluding hydrogens is 312 g/mol. The van der Waals surface area contributed by atoms with E-state index in [4.69, 9.17) is 4.74 Å².